The molecule has 1 N–H and O–H groups in total. The first-order valence-electron chi connectivity index (χ1n) is 5.00. The molecule has 0 radical (unpaired) electrons. The number of thioether (sulfide) groups is 1. The number of aromatic nitrogens is 2. The second-order valence-electron chi connectivity index (χ2n) is 3.46. The van der Waals surface area contributed by atoms with E-state index in [1.54, 1.807) is 12.1 Å². The summed E-state index contributed by atoms with van der Waals surface area (Å²) in [4.78, 5) is 18.9. The lowest BCUT2D eigenvalue weighted by atomic mass is 10.4. The smallest absolute Gasteiger partial charge is 0.371 e. The third-order valence-electron chi connectivity index (χ3n) is 2.00. The van der Waals surface area contributed by atoms with Gasteiger partial charge in [-0.25, -0.2) is 14.8 Å². The molecule has 0 fully saturated rings. The van der Waals surface area contributed by atoms with E-state index in [0.717, 1.165) is 5.69 Å². The van der Waals surface area contributed by atoms with Gasteiger partial charge in [0, 0.05) is 5.69 Å². The first-order chi connectivity index (χ1) is 8.54. The molecule has 0 spiro atoms. The van der Waals surface area contributed by atoms with Gasteiger partial charge in [0.25, 0.3) is 0 Å². The maximum Gasteiger partial charge on any atom is 0.371 e. The molecule has 2 aromatic heterocycles. The van der Waals surface area contributed by atoms with Crippen molar-refractivity contribution in [3.05, 3.63) is 40.6 Å². The lowest BCUT2D eigenvalue weighted by Gasteiger charge is -2.00. The number of carbonyl (C=O) groups is 1. The van der Waals surface area contributed by atoms with Crippen LogP contribution in [0, 0.1) is 6.92 Å². The summed E-state index contributed by atoms with van der Waals surface area (Å²) < 4.78 is 5.10. The number of halogens is 1. The number of aromatic carboxylic acids is 1. The van der Waals surface area contributed by atoms with Crippen molar-refractivity contribution in [1.82, 2.24) is 9.97 Å². The van der Waals surface area contributed by atoms with Crippen molar-refractivity contribution in [2.45, 2.75) is 17.8 Å². The predicted octanol–water partition coefficient (Wildman–Crippen LogP) is 3.02. The third kappa shape index (κ3) is 3.24. The molecule has 7 heteroatoms. The van der Waals surface area contributed by atoms with Crippen LogP contribution >= 0.6 is 23.4 Å². The fourth-order valence-corrected chi connectivity index (χ4v) is 2.27. The van der Waals surface area contributed by atoms with Crippen LogP contribution in [0.1, 0.15) is 22.1 Å². The van der Waals surface area contributed by atoms with Crippen LogP contribution < -0.4 is 0 Å². The van der Waals surface area contributed by atoms with E-state index in [9.17, 15) is 4.79 Å². The highest BCUT2D eigenvalue weighted by atomic mass is 35.5. The minimum absolute atomic E-state index is 0.0827. The minimum atomic E-state index is -1.09. The fraction of sp³-hybridized carbons (Fsp3) is 0.182. The van der Waals surface area contributed by atoms with E-state index >= 15 is 0 Å². The molecule has 0 aromatic carbocycles. The first-order valence-corrected chi connectivity index (χ1v) is 6.37. The van der Waals surface area contributed by atoms with Gasteiger partial charge in [0.1, 0.15) is 11.0 Å². The normalized spacial score (nSPS) is 10.6. The number of aryl methyl sites for hydroxylation is 1. The topological polar surface area (TPSA) is 76.2 Å². The number of carboxylic acid groups (broad SMARTS) is 1. The Hall–Kier alpha value is -1.53. The summed E-state index contributed by atoms with van der Waals surface area (Å²) in [5.41, 5.74) is 0.788. The molecule has 2 heterocycles. The Morgan fingerprint density at radius 1 is 1.50 bits per heavy atom. The maximum absolute atomic E-state index is 10.6. The van der Waals surface area contributed by atoms with Crippen molar-refractivity contribution in [3.8, 4) is 0 Å². The van der Waals surface area contributed by atoms with Gasteiger partial charge in [-0.3, -0.25) is 0 Å². The number of hydrogen-bond acceptors (Lipinski definition) is 5. The monoisotopic (exact) mass is 284 g/mol. The standard InChI is InChI=1S/C11H9ClN2O3S/c1-6-4-8(12)14-9(13-6)5-18-10-3-2-7(17-10)11(15)16/h2-4H,5H2,1H3,(H,15,16). The first kappa shape index (κ1) is 12.9. The SMILES string of the molecule is Cc1cc(Cl)nc(CSc2ccc(C(=O)O)o2)n1. The van der Waals surface area contributed by atoms with Gasteiger partial charge in [0.15, 0.2) is 5.09 Å². The number of carboxylic acids is 1. The Labute approximate surface area is 112 Å². The summed E-state index contributed by atoms with van der Waals surface area (Å²) in [5.74, 6) is -0.121. The molecule has 0 aliphatic carbocycles. The van der Waals surface area contributed by atoms with Crippen molar-refractivity contribution in [3.63, 3.8) is 0 Å². The summed E-state index contributed by atoms with van der Waals surface area (Å²) in [5, 5.41) is 9.61. The molecule has 0 atom stereocenters. The maximum atomic E-state index is 10.6. The molecule has 0 saturated carbocycles. The van der Waals surface area contributed by atoms with Crippen LogP contribution in [0.2, 0.25) is 5.15 Å². The summed E-state index contributed by atoms with van der Waals surface area (Å²) in [6.07, 6.45) is 0. The molecule has 0 bridgehead atoms. The number of hydrogen-bond donors (Lipinski definition) is 1. The Bertz CT molecular complexity index is 565. The molecular weight excluding hydrogens is 276 g/mol. The number of furan rings is 1. The van der Waals surface area contributed by atoms with Gasteiger partial charge in [0.2, 0.25) is 5.76 Å². The average Bonchev–Trinajstić information content (AvgIpc) is 2.73. The summed E-state index contributed by atoms with van der Waals surface area (Å²) in [7, 11) is 0. The molecule has 2 rings (SSSR count). The predicted molar refractivity (Wildman–Crippen MR) is 67.0 cm³/mol. The highest BCUT2D eigenvalue weighted by Gasteiger charge is 2.10. The van der Waals surface area contributed by atoms with Crippen LogP contribution in [0.25, 0.3) is 0 Å². The van der Waals surface area contributed by atoms with Crippen LogP contribution in [0.4, 0.5) is 0 Å². The highest BCUT2D eigenvalue weighted by molar-refractivity contribution is 7.98. The summed E-state index contributed by atoms with van der Waals surface area (Å²) in [6, 6.07) is 4.69. The zero-order valence-corrected chi connectivity index (χ0v) is 11.0. The van der Waals surface area contributed by atoms with E-state index in [0.29, 0.717) is 21.8 Å². The second kappa shape index (κ2) is 5.41. The third-order valence-corrected chi connectivity index (χ3v) is 3.11. The Balaban J connectivity index is 2.04. The van der Waals surface area contributed by atoms with Crippen LogP contribution in [0.3, 0.4) is 0 Å². The molecule has 94 valence electrons. The van der Waals surface area contributed by atoms with E-state index in [1.165, 1.54) is 17.8 Å². The van der Waals surface area contributed by atoms with Crippen molar-refractivity contribution < 1.29 is 14.3 Å². The molecule has 18 heavy (non-hydrogen) atoms. The molecule has 0 amide bonds. The molecule has 2 aromatic rings. The molecule has 0 saturated heterocycles. The van der Waals surface area contributed by atoms with E-state index in [4.69, 9.17) is 21.1 Å². The average molecular weight is 285 g/mol. The Morgan fingerprint density at radius 2 is 2.28 bits per heavy atom. The summed E-state index contributed by atoms with van der Waals surface area (Å²) >= 11 is 7.13. The van der Waals surface area contributed by atoms with Crippen molar-refractivity contribution >= 4 is 29.3 Å². The van der Waals surface area contributed by atoms with Crippen LogP contribution in [-0.2, 0) is 5.75 Å². The van der Waals surface area contributed by atoms with Gasteiger partial charge in [-0.15, -0.1) is 0 Å². The van der Waals surface area contributed by atoms with Gasteiger partial charge in [-0.1, -0.05) is 23.4 Å². The second-order valence-corrected chi connectivity index (χ2v) is 4.83. The van der Waals surface area contributed by atoms with Crippen LogP contribution in [0.15, 0.2) is 27.7 Å². The minimum Gasteiger partial charge on any atom is -0.475 e. The Kier molecular flexibility index (Phi) is 3.88. The van der Waals surface area contributed by atoms with Gasteiger partial charge >= 0.3 is 5.97 Å². The van der Waals surface area contributed by atoms with Gasteiger partial charge < -0.3 is 9.52 Å². The lowest BCUT2D eigenvalue weighted by molar-refractivity contribution is 0.0656. The number of rotatable bonds is 4. The number of nitrogens with zero attached hydrogens (tertiary/aromatic N) is 2. The van der Waals surface area contributed by atoms with Crippen molar-refractivity contribution in [2.24, 2.45) is 0 Å². The zero-order chi connectivity index (χ0) is 13.1. The Morgan fingerprint density at radius 3 is 2.89 bits per heavy atom. The zero-order valence-electron chi connectivity index (χ0n) is 9.38. The molecular formula is C11H9ClN2O3S. The van der Waals surface area contributed by atoms with Gasteiger partial charge in [-0.2, -0.15) is 0 Å². The van der Waals surface area contributed by atoms with E-state index in [2.05, 4.69) is 9.97 Å². The van der Waals surface area contributed by atoms with E-state index in [-0.39, 0.29) is 5.76 Å². The molecule has 0 unspecified atom stereocenters. The lowest BCUT2D eigenvalue weighted by Crippen LogP contribution is -1.95. The largest absolute Gasteiger partial charge is 0.475 e. The van der Waals surface area contributed by atoms with Gasteiger partial charge in [-0.05, 0) is 25.1 Å². The fourth-order valence-electron chi connectivity index (χ4n) is 1.30. The van der Waals surface area contributed by atoms with Crippen molar-refractivity contribution in [2.75, 3.05) is 0 Å². The molecule has 0 aliphatic heterocycles. The van der Waals surface area contributed by atoms with Crippen LogP contribution in [-0.4, -0.2) is 21.0 Å². The quantitative estimate of drug-likeness (QED) is 0.687. The van der Waals surface area contributed by atoms with Gasteiger partial charge in [0.05, 0.1) is 5.75 Å². The highest BCUT2D eigenvalue weighted by Crippen LogP contribution is 2.24. The van der Waals surface area contributed by atoms with Crippen molar-refractivity contribution in [1.29, 1.82) is 0 Å². The van der Waals surface area contributed by atoms with E-state index in [1.807, 2.05) is 6.92 Å². The van der Waals surface area contributed by atoms with Crippen LogP contribution in [0.5, 0.6) is 0 Å². The summed E-state index contributed by atoms with van der Waals surface area (Å²) in [6.45, 7) is 1.83. The molecule has 5 nitrogen and oxygen atoms in total. The van der Waals surface area contributed by atoms with E-state index < -0.39 is 5.97 Å². The molecule has 0 aliphatic rings.